The van der Waals surface area contributed by atoms with Crippen LogP contribution in [-0.4, -0.2) is 30.1 Å². The molecule has 0 saturated carbocycles. The second-order valence-corrected chi connectivity index (χ2v) is 3.62. The first kappa shape index (κ1) is 13.5. The molecular formula is C12H14F3NO. The lowest BCUT2D eigenvalue weighted by Gasteiger charge is -2.21. The summed E-state index contributed by atoms with van der Waals surface area (Å²) in [5, 5.41) is 0. The van der Waals surface area contributed by atoms with Gasteiger partial charge in [-0.1, -0.05) is 30.3 Å². The van der Waals surface area contributed by atoms with Crippen molar-refractivity contribution < 1.29 is 18.0 Å². The van der Waals surface area contributed by atoms with Gasteiger partial charge in [-0.25, -0.2) is 0 Å². The zero-order valence-corrected chi connectivity index (χ0v) is 9.50. The van der Waals surface area contributed by atoms with E-state index >= 15 is 0 Å². The Hall–Kier alpha value is -1.52. The predicted octanol–water partition coefficient (Wildman–Crippen LogP) is 2.64. The fraction of sp³-hybridized carbons (Fsp3) is 0.417. The second-order valence-electron chi connectivity index (χ2n) is 3.62. The van der Waals surface area contributed by atoms with Crippen LogP contribution in [0.5, 0.6) is 0 Å². The third-order valence-corrected chi connectivity index (χ3v) is 2.42. The van der Waals surface area contributed by atoms with Crippen molar-refractivity contribution in [3.63, 3.8) is 0 Å². The SMILES string of the molecule is CCN(CCc1ccccc1)C(=O)C(F)(F)F. The van der Waals surface area contributed by atoms with Crippen molar-refractivity contribution in [1.29, 1.82) is 0 Å². The summed E-state index contributed by atoms with van der Waals surface area (Å²) in [5.41, 5.74) is 0.918. The number of amides is 1. The van der Waals surface area contributed by atoms with Crippen molar-refractivity contribution in [2.24, 2.45) is 0 Å². The van der Waals surface area contributed by atoms with Gasteiger partial charge in [0.05, 0.1) is 0 Å². The van der Waals surface area contributed by atoms with Crippen LogP contribution in [0.25, 0.3) is 0 Å². The largest absolute Gasteiger partial charge is 0.471 e. The van der Waals surface area contributed by atoms with Crippen molar-refractivity contribution >= 4 is 5.91 Å². The number of nitrogens with zero attached hydrogens (tertiary/aromatic N) is 1. The smallest absolute Gasteiger partial charge is 0.335 e. The molecule has 5 heteroatoms. The van der Waals surface area contributed by atoms with Crippen molar-refractivity contribution in [2.75, 3.05) is 13.1 Å². The molecule has 2 nitrogen and oxygen atoms in total. The Morgan fingerprint density at radius 3 is 2.29 bits per heavy atom. The summed E-state index contributed by atoms with van der Waals surface area (Å²) in [6, 6.07) is 9.12. The molecular weight excluding hydrogens is 231 g/mol. The van der Waals surface area contributed by atoms with Crippen LogP contribution in [0.15, 0.2) is 30.3 Å². The summed E-state index contributed by atoms with van der Waals surface area (Å²) in [6.45, 7) is 1.68. The van der Waals surface area contributed by atoms with Gasteiger partial charge in [0.25, 0.3) is 0 Å². The summed E-state index contributed by atoms with van der Waals surface area (Å²) in [4.78, 5) is 11.8. The quantitative estimate of drug-likeness (QED) is 0.798. The van der Waals surface area contributed by atoms with E-state index in [9.17, 15) is 18.0 Å². The van der Waals surface area contributed by atoms with E-state index in [2.05, 4.69) is 0 Å². The van der Waals surface area contributed by atoms with Crippen LogP contribution in [0, 0.1) is 0 Å². The Morgan fingerprint density at radius 1 is 1.24 bits per heavy atom. The predicted molar refractivity (Wildman–Crippen MR) is 58.5 cm³/mol. The van der Waals surface area contributed by atoms with E-state index in [0.717, 1.165) is 10.5 Å². The van der Waals surface area contributed by atoms with E-state index in [-0.39, 0.29) is 13.1 Å². The lowest BCUT2D eigenvalue weighted by Crippen LogP contribution is -2.42. The molecule has 17 heavy (non-hydrogen) atoms. The Labute approximate surface area is 98.0 Å². The Bertz CT molecular complexity index is 362. The van der Waals surface area contributed by atoms with Gasteiger partial charge < -0.3 is 4.90 Å². The minimum absolute atomic E-state index is 0.0607. The molecule has 1 aromatic rings. The van der Waals surface area contributed by atoms with Gasteiger partial charge in [-0.2, -0.15) is 13.2 Å². The van der Waals surface area contributed by atoms with Crippen LogP contribution >= 0.6 is 0 Å². The van der Waals surface area contributed by atoms with Gasteiger partial charge >= 0.3 is 12.1 Å². The number of hydrogen-bond acceptors (Lipinski definition) is 1. The average molecular weight is 245 g/mol. The van der Waals surface area contributed by atoms with Crippen LogP contribution in [0.1, 0.15) is 12.5 Å². The Balaban J connectivity index is 2.57. The molecule has 0 unspecified atom stereocenters. The van der Waals surface area contributed by atoms with Crippen LogP contribution in [0.3, 0.4) is 0 Å². The lowest BCUT2D eigenvalue weighted by molar-refractivity contribution is -0.185. The van der Waals surface area contributed by atoms with E-state index in [4.69, 9.17) is 0 Å². The van der Waals surface area contributed by atoms with Gasteiger partial charge in [-0.3, -0.25) is 4.79 Å². The highest BCUT2D eigenvalue weighted by molar-refractivity contribution is 5.81. The minimum Gasteiger partial charge on any atom is -0.335 e. The van der Waals surface area contributed by atoms with Crippen molar-refractivity contribution in [2.45, 2.75) is 19.5 Å². The molecule has 0 aromatic heterocycles. The number of likely N-dealkylation sites (N-methyl/N-ethyl adjacent to an activating group) is 1. The topological polar surface area (TPSA) is 20.3 Å². The van der Waals surface area contributed by atoms with E-state index in [1.54, 1.807) is 0 Å². The lowest BCUT2D eigenvalue weighted by atomic mass is 10.1. The van der Waals surface area contributed by atoms with Gasteiger partial charge in [0, 0.05) is 13.1 Å². The van der Waals surface area contributed by atoms with Crippen LogP contribution in [-0.2, 0) is 11.2 Å². The van der Waals surface area contributed by atoms with Gasteiger partial charge in [0.1, 0.15) is 0 Å². The van der Waals surface area contributed by atoms with Gasteiger partial charge in [-0.15, -0.1) is 0 Å². The van der Waals surface area contributed by atoms with Crippen molar-refractivity contribution in [3.8, 4) is 0 Å². The normalized spacial score (nSPS) is 11.3. The van der Waals surface area contributed by atoms with Gasteiger partial charge in [-0.05, 0) is 18.9 Å². The number of carbonyl (C=O) groups excluding carboxylic acids is 1. The maximum atomic E-state index is 12.2. The maximum Gasteiger partial charge on any atom is 0.471 e. The molecule has 0 fully saturated rings. The Kier molecular flexibility index (Phi) is 4.54. The summed E-state index contributed by atoms with van der Waals surface area (Å²) < 4.78 is 36.7. The maximum absolute atomic E-state index is 12.2. The van der Waals surface area contributed by atoms with Crippen molar-refractivity contribution in [1.82, 2.24) is 4.90 Å². The van der Waals surface area contributed by atoms with Crippen LogP contribution < -0.4 is 0 Å². The average Bonchev–Trinajstić information content (AvgIpc) is 2.30. The number of benzene rings is 1. The first-order valence-corrected chi connectivity index (χ1v) is 5.35. The van der Waals surface area contributed by atoms with E-state index in [0.29, 0.717) is 6.42 Å². The van der Waals surface area contributed by atoms with Crippen LogP contribution in [0.2, 0.25) is 0 Å². The monoisotopic (exact) mass is 245 g/mol. The summed E-state index contributed by atoms with van der Waals surface area (Å²) in [6.07, 6.45) is -4.36. The first-order valence-electron chi connectivity index (χ1n) is 5.35. The highest BCUT2D eigenvalue weighted by Gasteiger charge is 2.41. The fourth-order valence-electron chi connectivity index (χ4n) is 1.49. The molecule has 0 spiro atoms. The highest BCUT2D eigenvalue weighted by atomic mass is 19.4. The second kappa shape index (κ2) is 5.70. The molecule has 0 N–H and O–H groups in total. The Morgan fingerprint density at radius 2 is 1.82 bits per heavy atom. The van der Waals surface area contributed by atoms with Crippen molar-refractivity contribution in [3.05, 3.63) is 35.9 Å². The van der Waals surface area contributed by atoms with Crippen LogP contribution in [0.4, 0.5) is 13.2 Å². The first-order chi connectivity index (χ1) is 7.95. The number of rotatable bonds is 4. The zero-order valence-electron chi connectivity index (χ0n) is 9.50. The number of hydrogen-bond donors (Lipinski definition) is 0. The molecule has 0 atom stereocenters. The molecule has 94 valence electrons. The molecule has 0 bridgehead atoms. The van der Waals surface area contributed by atoms with E-state index in [1.807, 2.05) is 30.3 Å². The highest BCUT2D eigenvalue weighted by Crippen LogP contribution is 2.18. The molecule has 1 aromatic carbocycles. The van der Waals surface area contributed by atoms with Gasteiger partial charge in [0.15, 0.2) is 0 Å². The zero-order chi connectivity index (χ0) is 12.9. The molecule has 1 rings (SSSR count). The summed E-state index contributed by atoms with van der Waals surface area (Å²) in [5.74, 6) is -1.77. The molecule has 0 saturated heterocycles. The summed E-state index contributed by atoms with van der Waals surface area (Å²) >= 11 is 0. The minimum atomic E-state index is -4.79. The number of carbonyl (C=O) groups is 1. The standard InChI is InChI=1S/C12H14F3NO/c1-2-16(11(17)12(13,14)15)9-8-10-6-4-3-5-7-10/h3-7H,2,8-9H2,1H3. The number of alkyl halides is 3. The molecule has 1 amide bonds. The van der Waals surface area contributed by atoms with Gasteiger partial charge in [0.2, 0.25) is 0 Å². The third kappa shape index (κ3) is 4.09. The molecule has 0 radical (unpaired) electrons. The molecule has 0 aliphatic carbocycles. The third-order valence-electron chi connectivity index (χ3n) is 2.42. The number of halogens is 3. The molecule has 0 aliphatic rings. The van der Waals surface area contributed by atoms with E-state index < -0.39 is 12.1 Å². The summed E-state index contributed by atoms with van der Waals surface area (Å²) in [7, 11) is 0. The van der Waals surface area contributed by atoms with E-state index in [1.165, 1.54) is 6.92 Å². The molecule has 0 aliphatic heterocycles. The molecule has 0 heterocycles. The fourth-order valence-corrected chi connectivity index (χ4v) is 1.49.